The van der Waals surface area contributed by atoms with Gasteiger partial charge in [-0.15, -0.1) is 0 Å². The summed E-state index contributed by atoms with van der Waals surface area (Å²) < 4.78 is 0. The van der Waals surface area contributed by atoms with E-state index in [0.29, 0.717) is 20.1 Å². The number of halogens is 4. The van der Waals surface area contributed by atoms with Crippen LogP contribution in [0.1, 0.15) is 5.56 Å². The number of aryl methyl sites for hydroxylation is 1. The largest absolute Gasteiger partial charge is 0.0836 e. The average Bonchev–Trinajstić information content (AvgIpc) is 2.28. The Morgan fingerprint density at radius 2 is 1.41 bits per heavy atom. The first-order valence-corrected chi connectivity index (χ1v) is 6.42. The molecule has 0 spiro atoms. The molecule has 0 N–H and O–H groups in total. The first-order chi connectivity index (χ1) is 8.00. The summed E-state index contributed by atoms with van der Waals surface area (Å²) in [5, 5.41) is 2.10. The van der Waals surface area contributed by atoms with Crippen LogP contribution in [0.15, 0.2) is 30.3 Å². The summed E-state index contributed by atoms with van der Waals surface area (Å²) in [6.07, 6.45) is 0. The van der Waals surface area contributed by atoms with Crippen molar-refractivity contribution in [2.24, 2.45) is 0 Å². The Morgan fingerprint density at radius 1 is 0.765 bits per heavy atom. The molecule has 0 saturated carbocycles. The normalized spacial score (nSPS) is 10.6. The van der Waals surface area contributed by atoms with Crippen molar-refractivity contribution < 1.29 is 0 Å². The molecule has 4 heteroatoms. The topological polar surface area (TPSA) is 0 Å². The SMILES string of the molecule is Cc1cccc(-c2cc(Cl)c(Cl)cc2Cl)c1Cl. The summed E-state index contributed by atoms with van der Waals surface area (Å²) >= 11 is 24.3. The minimum atomic E-state index is 0.434. The summed E-state index contributed by atoms with van der Waals surface area (Å²) in [5.74, 6) is 0. The zero-order chi connectivity index (χ0) is 12.6. The molecule has 0 amide bonds. The van der Waals surface area contributed by atoms with Crippen LogP contribution in [-0.4, -0.2) is 0 Å². The average molecular weight is 306 g/mol. The molecule has 0 nitrogen and oxygen atoms in total. The summed E-state index contributed by atoms with van der Waals surface area (Å²) in [6.45, 7) is 1.94. The van der Waals surface area contributed by atoms with E-state index in [9.17, 15) is 0 Å². The van der Waals surface area contributed by atoms with Crippen LogP contribution in [0.5, 0.6) is 0 Å². The van der Waals surface area contributed by atoms with E-state index in [-0.39, 0.29) is 0 Å². The lowest BCUT2D eigenvalue weighted by atomic mass is 10.0. The van der Waals surface area contributed by atoms with Gasteiger partial charge in [0, 0.05) is 11.1 Å². The Morgan fingerprint density at radius 3 is 2.12 bits per heavy atom. The molecular formula is C13H8Cl4. The van der Waals surface area contributed by atoms with E-state index in [1.165, 1.54) is 0 Å². The molecular weight excluding hydrogens is 298 g/mol. The van der Waals surface area contributed by atoms with Crippen LogP contribution in [-0.2, 0) is 0 Å². The minimum Gasteiger partial charge on any atom is -0.0836 e. The van der Waals surface area contributed by atoms with Crippen LogP contribution in [0.2, 0.25) is 20.1 Å². The number of rotatable bonds is 1. The van der Waals surface area contributed by atoms with Crippen molar-refractivity contribution in [1.29, 1.82) is 0 Å². The van der Waals surface area contributed by atoms with E-state index >= 15 is 0 Å². The molecule has 0 aliphatic rings. The maximum Gasteiger partial charge on any atom is 0.0607 e. The second-order valence-corrected chi connectivity index (χ2v) is 5.28. The highest BCUT2D eigenvalue weighted by molar-refractivity contribution is 6.44. The van der Waals surface area contributed by atoms with E-state index in [4.69, 9.17) is 46.4 Å². The lowest BCUT2D eigenvalue weighted by molar-refractivity contribution is 1.46. The Balaban J connectivity index is 2.69. The highest BCUT2D eigenvalue weighted by Gasteiger charge is 2.11. The Kier molecular flexibility index (Phi) is 3.89. The summed E-state index contributed by atoms with van der Waals surface area (Å²) in [4.78, 5) is 0. The third-order valence-electron chi connectivity index (χ3n) is 2.49. The van der Waals surface area contributed by atoms with E-state index in [1.54, 1.807) is 12.1 Å². The second-order valence-electron chi connectivity index (χ2n) is 3.68. The molecule has 0 heterocycles. The molecule has 88 valence electrons. The molecule has 0 aliphatic heterocycles. The van der Waals surface area contributed by atoms with Gasteiger partial charge in [-0.1, -0.05) is 64.6 Å². The van der Waals surface area contributed by atoms with Crippen LogP contribution in [0.25, 0.3) is 11.1 Å². The van der Waals surface area contributed by atoms with Crippen molar-refractivity contribution in [3.8, 4) is 11.1 Å². The first-order valence-electron chi connectivity index (χ1n) is 4.90. The van der Waals surface area contributed by atoms with E-state index in [0.717, 1.165) is 16.7 Å². The number of hydrogen-bond acceptors (Lipinski definition) is 0. The first kappa shape index (κ1) is 13.0. The molecule has 0 saturated heterocycles. The molecule has 0 unspecified atom stereocenters. The molecule has 2 aromatic rings. The smallest absolute Gasteiger partial charge is 0.0607 e. The summed E-state index contributed by atoms with van der Waals surface area (Å²) in [6, 6.07) is 9.12. The second kappa shape index (κ2) is 5.07. The number of benzene rings is 2. The minimum absolute atomic E-state index is 0.434. The van der Waals surface area contributed by atoms with Gasteiger partial charge in [0.05, 0.1) is 20.1 Å². The third kappa shape index (κ3) is 2.56. The van der Waals surface area contributed by atoms with Crippen molar-refractivity contribution in [2.75, 3.05) is 0 Å². The van der Waals surface area contributed by atoms with Gasteiger partial charge < -0.3 is 0 Å². The highest BCUT2D eigenvalue weighted by atomic mass is 35.5. The molecule has 0 aliphatic carbocycles. The molecule has 0 atom stereocenters. The molecule has 2 rings (SSSR count). The van der Waals surface area contributed by atoms with Gasteiger partial charge >= 0.3 is 0 Å². The fraction of sp³-hybridized carbons (Fsp3) is 0.0769. The molecule has 0 fully saturated rings. The highest BCUT2D eigenvalue weighted by Crippen LogP contribution is 2.38. The van der Waals surface area contributed by atoms with E-state index in [2.05, 4.69) is 0 Å². The Labute approximate surface area is 120 Å². The molecule has 0 bridgehead atoms. The van der Waals surface area contributed by atoms with Gasteiger partial charge in [-0.05, 0) is 24.6 Å². The van der Waals surface area contributed by atoms with Crippen LogP contribution in [0.4, 0.5) is 0 Å². The number of hydrogen-bond donors (Lipinski definition) is 0. The van der Waals surface area contributed by atoms with Gasteiger partial charge in [0.15, 0.2) is 0 Å². The van der Waals surface area contributed by atoms with Gasteiger partial charge in [-0.2, -0.15) is 0 Å². The molecule has 17 heavy (non-hydrogen) atoms. The van der Waals surface area contributed by atoms with Crippen LogP contribution in [0.3, 0.4) is 0 Å². The quantitative estimate of drug-likeness (QED) is 0.544. The van der Waals surface area contributed by atoms with Crippen molar-refractivity contribution in [3.05, 3.63) is 56.0 Å². The van der Waals surface area contributed by atoms with Gasteiger partial charge in [-0.3, -0.25) is 0 Å². The zero-order valence-corrected chi connectivity index (χ0v) is 11.9. The lowest BCUT2D eigenvalue weighted by Crippen LogP contribution is -1.85. The van der Waals surface area contributed by atoms with E-state index < -0.39 is 0 Å². The lowest BCUT2D eigenvalue weighted by Gasteiger charge is -2.10. The van der Waals surface area contributed by atoms with Gasteiger partial charge in [0.25, 0.3) is 0 Å². The maximum atomic E-state index is 6.26. The zero-order valence-electron chi connectivity index (χ0n) is 8.90. The van der Waals surface area contributed by atoms with Gasteiger partial charge in [0.1, 0.15) is 0 Å². The Hall–Kier alpha value is -0.400. The van der Waals surface area contributed by atoms with E-state index in [1.807, 2.05) is 25.1 Å². The molecule has 0 radical (unpaired) electrons. The van der Waals surface area contributed by atoms with Crippen molar-refractivity contribution >= 4 is 46.4 Å². The summed E-state index contributed by atoms with van der Waals surface area (Å²) in [5.41, 5.74) is 2.64. The van der Waals surface area contributed by atoms with Gasteiger partial charge in [0.2, 0.25) is 0 Å². The van der Waals surface area contributed by atoms with Crippen LogP contribution in [0, 0.1) is 6.92 Å². The van der Waals surface area contributed by atoms with Crippen molar-refractivity contribution in [1.82, 2.24) is 0 Å². The fourth-order valence-electron chi connectivity index (χ4n) is 1.58. The Bertz CT molecular complexity index is 576. The molecule has 2 aromatic carbocycles. The summed E-state index contributed by atoms with van der Waals surface area (Å²) in [7, 11) is 0. The predicted octanol–water partition coefficient (Wildman–Crippen LogP) is 6.28. The monoisotopic (exact) mass is 304 g/mol. The fourth-order valence-corrected chi connectivity index (χ4v) is 2.46. The third-order valence-corrected chi connectivity index (χ3v) is 4.03. The van der Waals surface area contributed by atoms with Crippen molar-refractivity contribution in [3.63, 3.8) is 0 Å². The predicted molar refractivity (Wildman–Crippen MR) is 76.7 cm³/mol. The maximum absolute atomic E-state index is 6.26. The van der Waals surface area contributed by atoms with Crippen LogP contribution < -0.4 is 0 Å². The standard InChI is InChI=1S/C13H8Cl4/c1-7-3-2-4-8(13(7)17)9-5-11(15)12(16)6-10(9)14/h2-6H,1H3. The van der Waals surface area contributed by atoms with Crippen molar-refractivity contribution in [2.45, 2.75) is 6.92 Å². The molecule has 0 aromatic heterocycles. The van der Waals surface area contributed by atoms with Crippen LogP contribution >= 0.6 is 46.4 Å². The van der Waals surface area contributed by atoms with Gasteiger partial charge in [-0.25, -0.2) is 0 Å².